The largest absolute Gasteiger partial charge is 0.308 e. The van der Waals surface area contributed by atoms with Crippen LogP contribution in [0.3, 0.4) is 0 Å². The molecule has 1 N–H and O–H groups in total. The Hall–Kier alpha value is -1.15. The summed E-state index contributed by atoms with van der Waals surface area (Å²) in [5, 5.41) is 3.42. The molecule has 0 radical (unpaired) electrons. The monoisotopic (exact) mass is 233 g/mol. The maximum atomic E-state index is 11.8. The molecule has 0 heterocycles. The topological polar surface area (TPSA) is 29.1 Å². The minimum atomic E-state index is 0.0635. The van der Waals surface area contributed by atoms with Gasteiger partial charge in [-0.25, -0.2) is 0 Å². The van der Waals surface area contributed by atoms with Crippen molar-refractivity contribution in [3.05, 3.63) is 35.4 Å². The van der Waals surface area contributed by atoms with Crippen molar-refractivity contribution < 1.29 is 4.79 Å². The molecule has 0 atom stereocenters. The van der Waals surface area contributed by atoms with Crippen molar-refractivity contribution in [2.45, 2.75) is 46.7 Å². The summed E-state index contributed by atoms with van der Waals surface area (Å²) in [4.78, 5) is 11.8. The minimum absolute atomic E-state index is 0.0635. The van der Waals surface area contributed by atoms with Crippen LogP contribution in [0.25, 0.3) is 0 Å². The van der Waals surface area contributed by atoms with Gasteiger partial charge in [0.2, 0.25) is 0 Å². The zero-order chi connectivity index (χ0) is 13.1. The van der Waals surface area contributed by atoms with Crippen LogP contribution in [0.15, 0.2) is 24.3 Å². The lowest BCUT2D eigenvalue weighted by atomic mass is 10.00. The van der Waals surface area contributed by atoms with Crippen LogP contribution in [0.5, 0.6) is 0 Å². The predicted molar refractivity (Wildman–Crippen MR) is 72.2 cm³/mol. The van der Waals surface area contributed by atoms with Crippen molar-refractivity contribution in [3.8, 4) is 0 Å². The van der Waals surface area contributed by atoms with Crippen molar-refractivity contribution >= 4 is 5.78 Å². The molecule has 0 aliphatic rings. The number of benzene rings is 1. The molecule has 0 unspecified atom stereocenters. The lowest BCUT2D eigenvalue weighted by Crippen LogP contribution is -2.35. The van der Waals surface area contributed by atoms with E-state index in [9.17, 15) is 4.79 Å². The van der Waals surface area contributed by atoms with E-state index < -0.39 is 0 Å². The summed E-state index contributed by atoms with van der Waals surface area (Å²) in [6, 6.07) is 7.88. The van der Waals surface area contributed by atoms with E-state index in [4.69, 9.17) is 0 Å². The molecule has 0 saturated heterocycles. The molecule has 1 rings (SSSR count). The van der Waals surface area contributed by atoms with Gasteiger partial charge in [0.1, 0.15) is 0 Å². The van der Waals surface area contributed by atoms with Gasteiger partial charge in [-0.2, -0.15) is 0 Å². The van der Waals surface area contributed by atoms with Crippen molar-refractivity contribution in [2.24, 2.45) is 5.92 Å². The van der Waals surface area contributed by atoms with E-state index in [1.54, 1.807) is 0 Å². The first-order valence-electron chi connectivity index (χ1n) is 6.18. The maximum absolute atomic E-state index is 11.8. The molecule has 0 bridgehead atoms. The van der Waals surface area contributed by atoms with E-state index in [1.807, 2.05) is 38.1 Å². The minimum Gasteiger partial charge on any atom is -0.308 e. The zero-order valence-corrected chi connectivity index (χ0v) is 11.5. The Morgan fingerprint density at radius 3 is 2.12 bits per heavy atom. The number of rotatable bonds is 4. The maximum Gasteiger partial charge on any atom is 0.165 e. The molecule has 0 spiro atoms. The number of ketones is 1. The van der Waals surface area contributed by atoms with E-state index in [0.717, 1.165) is 12.1 Å². The van der Waals surface area contributed by atoms with E-state index in [-0.39, 0.29) is 17.2 Å². The summed E-state index contributed by atoms with van der Waals surface area (Å²) in [7, 11) is 0. The Morgan fingerprint density at radius 2 is 1.71 bits per heavy atom. The molecule has 1 aromatic carbocycles. The van der Waals surface area contributed by atoms with Crippen molar-refractivity contribution in [1.82, 2.24) is 5.32 Å². The second kappa shape index (κ2) is 5.46. The molecule has 2 heteroatoms. The summed E-state index contributed by atoms with van der Waals surface area (Å²) >= 11 is 0. The van der Waals surface area contributed by atoms with Crippen LogP contribution in [0.4, 0.5) is 0 Å². The molecule has 2 nitrogen and oxygen atoms in total. The summed E-state index contributed by atoms with van der Waals surface area (Å²) in [6.07, 6.45) is 0. The highest BCUT2D eigenvalue weighted by Gasteiger charge is 2.11. The summed E-state index contributed by atoms with van der Waals surface area (Å²) < 4.78 is 0. The molecule has 94 valence electrons. The highest BCUT2D eigenvalue weighted by molar-refractivity contribution is 5.97. The zero-order valence-electron chi connectivity index (χ0n) is 11.5. The van der Waals surface area contributed by atoms with Crippen LogP contribution in [-0.4, -0.2) is 11.3 Å². The SMILES string of the molecule is CC(C)C(=O)c1ccc(CNC(C)(C)C)cc1. The Morgan fingerprint density at radius 1 is 1.18 bits per heavy atom. The highest BCUT2D eigenvalue weighted by Crippen LogP contribution is 2.11. The third kappa shape index (κ3) is 4.70. The first kappa shape index (κ1) is 13.9. The van der Waals surface area contributed by atoms with Gasteiger partial charge in [0.05, 0.1) is 0 Å². The van der Waals surface area contributed by atoms with Crippen LogP contribution in [0.1, 0.15) is 50.5 Å². The highest BCUT2D eigenvalue weighted by atomic mass is 16.1. The average Bonchev–Trinajstić information content (AvgIpc) is 2.25. The quantitative estimate of drug-likeness (QED) is 0.807. The number of hydrogen-bond donors (Lipinski definition) is 1. The standard InChI is InChI=1S/C15H23NO/c1-11(2)14(17)13-8-6-12(7-9-13)10-16-15(3,4)5/h6-9,11,16H,10H2,1-5H3. The van der Waals surface area contributed by atoms with Crippen LogP contribution >= 0.6 is 0 Å². The average molecular weight is 233 g/mol. The van der Waals surface area contributed by atoms with Crippen LogP contribution in [0, 0.1) is 5.92 Å². The molecule has 0 aliphatic heterocycles. The lowest BCUT2D eigenvalue weighted by molar-refractivity contribution is 0.0939. The molecule has 1 aromatic rings. The first-order valence-corrected chi connectivity index (χ1v) is 6.18. The molecule has 0 aromatic heterocycles. The van der Waals surface area contributed by atoms with Gasteiger partial charge in [0, 0.05) is 23.6 Å². The number of hydrogen-bond acceptors (Lipinski definition) is 2. The van der Waals surface area contributed by atoms with Gasteiger partial charge in [-0.15, -0.1) is 0 Å². The third-order valence-corrected chi connectivity index (χ3v) is 2.59. The fourth-order valence-corrected chi connectivity index (χ4v) is 1.49. The van der Waals surface area contributed by atoms with Crippen LogP contribution in [0.2, 0.25) is 0 Å². The molecule has 0 amide bonds. The van der Waals surface area contributed by atoms with Crippen LogP contribution < -0.4 is 5.32 Å². The van der Waals surface area contributed by atoms with E-state index >= 15 is 0 Å². The van der Waals surface area contributed by atoms with Gasteiger partial charge < -0.3 is 5.32 Å². The predicted octanol–water partition coefficient (Wildman–Crippen LogP) is 3.41. The van der Waals surface area contributed by atoms with Crippen LogP contribution in [-0.2, 0) is 6.54 Å². The van der Waals surface area contributed by atoms with Crippen molar-refractivity contribution in [2.75, 3.05) is 0 Å². The Labute approximate surface area is 104 Å². The number of carbonyl (C=O) groups is 1. The third-order valence-electron chi connectivity index (χ3n) is 2.59. The molecular weight excluding hydrogens is 210 g/mol. The Kier molecular flexibility index (Phi) is 4.47. The summed E-state index contributed by atoms with van der Waals surface area (Å²) in [5.41, 5.74) is 2.13. The van der Waals surface area contributed by atoms with Gasteiger partial charge in [-0.1, -0.05) is 38.1 Å². The summed E-state index contributed by atoms with van der Waals surface area (Å²) in [5.74, 6) is 0.272. The van der Waals surface area contributed by atoms with Gasteiger partial charge in [0.15, 0.2) is 5.78 Å². The molecule has 0 fully saturated rings. The number of nitrogens with one attached hydrogen (secondary N) is 1. The van der Waals surface area contributed by atoms with Gasteiger partial charge in [-0.3, -0.25) is 4.79 Å². The van der Waals surface area contributed by atoms with Crippen molar-refractivity contribution in [3.63, 3.8) is 0 Å². The Balaban J connectivity index is 2.66. The second-order valence-electron chi connectivity index (χ2n) is 5.82. The number of Topliss-reactive ketones (excluding diaryl/α,β-unsaturated/α-hetero) is 1. The summed E-state index contributed by atoms with van der Waals surface area (Å²) in [6.45, 7) is 11.1. The fourth-order valence-electron chi connectivity index (χ4n) is 1.49. The fraction of sp³-hybridized carbons (Fsp3) is 0.533. The molecule has 0 aliphatic carbocycles. The Bertz CT molecular complexity index is 371. The first-order chi connectivity index (χ1) is 7.79. The lowest BCUT2D eigenvalue weighted by Gasteiger charge is -2.20. The van der Waals surface area contributed by atoms with E-state index in [1.165, 1.54) is 5.56 Å². The molecular formula is C15H23NO. The number of carbonyl (C=O) groups excluding carboxylic acids is 1. The van der Waals surface area contributed by atoms with Gasteiger partial charge in [-0.05, 0) is 26.3 Å². The smallest absolute Gasteiger partial charge is 0.165 e. The van der Waals surface area contributed by atoms with E-state index in [2.05, 4.69) is 26.1 Å². The molecule has 17 heavy (non-hydrogen) atoms. The van der Waals surface area contributed by atoms with E-state index in [0.29, 0.717) is 0 Å². The normalized spacial score (nSPS) is 11.9. The van der Waals surface area contributed by atoms with Gasteiger partial charge in [0.25, 0.3) is 0 Å². The second-order valence-corrected chi connectivity index (χ2v) is 5.82. The molecule has 0 saturated carbocycles. The van der Waals surface area contributed by atoms with Crippen molar-refractivity contribution in [1.29, 1.82) is 0 Å². The van der Waals surface area contributed by atoms with Gasteiger partial charge >= 0.3 is 0 Å².